The highest BCUT2D eigenvalue weighted by Crippen LogP contribution is 2.21. The summed E-state index contributed by atoms with van der Waals surface area (Å²) < 4.78 is 0.843. The molecule has 0 fully saturated rings. The minimum atomic E-state index is -0.203. The second kappa shape index (κ2) is 5.49. The van der Waals surface area contributed by atoms with E-state index >= 15 is 0 Å². The lowest BCUT2D eigenvalue weighted by Crippen LogP contribution is -2.37. The standard InChI is InChI=1S/C10H12BrClN2O/c1-6(5-13)14-10(15)8-3-2-7(11)4-9(8)12/h2-4,6H,5,13H2,1H3,(H,14,15)/t6-/m1/s1. The van der Waals surface area contributed by atoms with Crippen molar-refractivity contribution in [1.82, 2.24) is 5.32 Å². The molecule has 82 valence electrons. The zero-order valence-corrected chi connectivity index (χ0v) is 10.6. The molecule has 15 heavy (non-hydrogen) atoms. The number of nitrogens with two attached hydrogens (primary N) is 1. The van der Waals surface area contributed by atoms with Crippen LogP contribution in [0, 0.1) is 0 Å². The van der Waals surface area contributed by atoms with Crippen molar-refractivity contribution >= 4 is 33.4 Å². The Morgan fingerprint density at radius 3 is 2.87 bits per heavy atom. The Balaban J connectivity index is 2.82. The Kier molecular flexibility index (Phi) is 4.57. The van der Waals surface area contributed by atoms with E-state index in [0.717, 1.165) is 4.47 Å². The number of carbonyl (C=O) groups is 1. The van der Waals surface area contributed by atoms with Gasteiger partial charge in [0.05, 0.1) is 10.6 Å². The van der Waals surface area contributed by atoms with Crippen molar-refractivity contribution in [3.05, 3.63) is 33.3 Å². The van der Waals surface area contributed by atoms with Crippen LogP contribution in [0.4, 0.5) is 0 Å². The fraction of sp³-hybridized carbons (Fsp3) is 0.300. The van der Waals surface area contributed by atoms with Crippen LogP contribution in [0.5, 0.6) is 0 Å². The second-order valence-corrected chi connectivity index (χ2v) is 4.56. The van der Waals surface area contributed by atoms with Crippen molar-refractivity contribution in [1.29, 1.82) is 0 Å². The summed E-state index contributed by atoms with van der Waals surface area (Å²) in [5, 5.41) is 3.16. The molecular weight excluding hydrogens is 279 g/mol. The molecule has 1 aromatic carbocycles. The third kappa shape index (κ3) is 3.48. The number of nitrogens with one attached hydrogen (secondary N) is 1. The normalized spacial score (nSPS) is 12.3. The average molecular weight is 292 g/mol. The summed E-state index contributed by atoms with van der Waals surface area (Å²) in [4.78, 5) is 11.7. The van der Waals surface area contributed by atoms with Gasteiger partial charge in [0.25, 0.3) is 5.91 Å². The first kappa shape index (κ1) is 12.5. The summed E-state index contributed by atoms with van der Waals surface area (Å²) in [6.45, 7) is 2.24. The van der Waals surface area contributed by atoms with E-state index in [1.807, 2.05) is 6.92 Å². The summed E-state index contributed by atoms with van der Waals surface area (Å²) in [6, 6.07) is 5.07. The molecule has 0 saturated heterocycles. The molecule has 0 radical (unpaired) electrons. The highest BCUT2D eigenvalue weighted by atomic mass is 79.9. The van der Waals surface area contributed by atoms with Gasteiger partial charge in [0.15, 0.2) is 0 Å². The van der Waals surface area contributed by atoms with Crippen LogP contribution >= 0.6 is 27.5 Å². The molecule has 3 nitrogen and oxygen atoms in total. The van der Waals surface area contributed by atoms with Gasteiger partial charge in [-0.1, -0.05) is 27.5 Å². The molecule has 1 amide bonds. The van der Waals surface area contributed by atoms with Crippen LogP contribution in [-0.4, -0.2) is 18.5 Å². The van der Waals surface area contributed by atoms with Gasteiger partial charge in [0, 0.05) is 17.1 Å². The van der Waals surface area contributed by atoms with E-state index in [-0.39, 0.29) is 11.9 Å². The minimum absolute atomic E-state index is 0.0581. The first-order valence-corrected chi connectivity index (χ1v) is 5.67. The maximum Gasteiger partial charge on any atom is 0.253 e. The fourth-order valence-electron chi connectivity index (χ4n) is 1.03. The molecule has 0 heterocycles. The lowest BCUT2D eigenvalue weighted by Gasteiger charge is -2.12. The molecule has 1 atom stereocenters. The number of hydrogen-bond acceptors (Lipinski definition) is 2. The SMILES string of the molecule is C[C@H](CN)NC(=O)c1ccc(Br)cc1Cl. The molecule has 0 unspecified atom stereocenters. The van der Waals surface area contributed by atoms with Crippen LogP contribution in [0.25, 0.3) is 0 Å². The Bertz CT molecular complexity index is 370. The highest BCUT2D eigenvalue weighted by molar-refractivity contribution is 9.10. The number of hydrogen-bond donors (Lipinski definition) is 2. The van der Waals surface area contributed by atoms with Crippen molar-refractivity contribution in [2.24, 2.45) is 5.73 Å². The highest BCUT2D eigenvalue weighted by Gasteiger charge is 2.12. The molecule has 0 saturated carbocycles. The van der Waals surface area contributed by atoms with Gasteiger partial charge in [0.1, 0.15) is 0 Å². The van der Waals surface area contributed by atoms with Gasteiger partial charge >= 0.3 is 0 Å². The largest absolute Gasteiger partial charge is 0.348 e. The number of amides is 1. The van der Waals surface area contributed by atoms with E-state index in [1.54, 1.807) is 18.2 Å². The summed E-state index contributed by atoms with van der Waals surface area (Å²) in [7, 11) is 0. The van der Waals surface area contributed by atoms with E-state index in [1.165, 1.54) is 0 Å². The van der Waals surface area contributed by atoms with Gasteiger partial charge < -0.3 is 11.1 Å². The zero-order valence-electron chi connectivity index (χ0n) is 8.26. The van der Waals surface area contributed by atoms with Crippen LogP contribution in [-0.2, 0) is 0 Å². The van der Waals surface area contributed by atoms with Gasteiger partial charge in [-0.2, -0.15) is 0 Å². The van der Waals surface area contributed by atoms with Gasteiger partial charge in [-0.05, 0) is 25.1 Å². The van der Waals surface area contributed by atoms with Crippen LogP contribution in [0.15, 0.2) is 22.7 Å². The number of carbonyl (C=O) groups excluding carboxylic acids is 1. The second-order valence-electron chi connectivity index (χ2n) is 3.23. The number of rotatable bonds is 3. The topological polar surface area (TPSA) is 55.1 Å². The predicted molar refractivity (Wildman–Crippen MR) is 65.1 cm³/mol. The van der Waals surface area contributed by atoms with E-state index < -0.39 is 0 Å². The summed E-state index contributed by atoms with van der Waals surface area (Å²) in [5.74, 6) is -0.203. The third-order valence-corrected chi connectivity index (χ3v) is 2.71. The monoisotopic (exact) mass is 290 g/mol. The summed E-state index contributed by atoms with van der Waals surface area (Å²) >= 11 is 9.20. The maximum absolute atomic E-state index is 11.7. The van der Waals surface area contributed by atoms with Crippen molar-refractivity contribution in [2.75, 3.05) is 6.54 Å². The Hall–Kier alpha value is -0.580. The number of benzene rings is 1. The summed E-state index contributed by atoms with van der Waals surface area (Å²) in [5.41, 5.74) is 5.86. The molecule has 0 bridgehead atoms. The molecule has 3 N–H and O–H groups in total. The van der Waals surface area contributed by atoms with Gasteiger partial charge in [0.2, 0.25) is 0 Å². The molecule has 0 aliphatic rings. The van der Waals surface area contributed by atoms with Gasteiger partial charge in [-0.15, -0.1) is 0 Å². The molecule has 1 rings (SSSR count). The maximum atomic E-state index is 11.7. The molecule has 0 aliphatic heterocycles. The quantitative estimate of drug-likeness (QED) is 0.897. The zero-order chi connectivity index (χ0) is 11.4. The van der Waals surface area contributed by atoms with Crippen LogP contribution in [0.1, 0.15) is 17.3 Å². The molecular formula is C10H12BrClN2O. The summed E-state index contributed by atoms with van der Waals surface area (Å²) in [6.07, 6.45) is 0. The van der Waals surface area contributed by atoms with E-state index in [0.29, 0.717) is 17.1 Å². The molecule has 1 aromatic rings. The molecule has 0 aromatic heterocycles. The van der Waals surface area contributed by atoms with E-state index in [4.69, 9.17) is 17.3 Å². The van der Waals surface area contributed by atoms with Crippen LogP contribution in [0.3, 0.4) is 0 Å². The Morgan fingerprint density at radius 2 is 2.33 bits per heavy atom. The predicted octanol–water partition coefficient (Wildman–Crippen LogP) is 2.18. The molecule has 0 aliphatic carbocycles. The lowest BCUT2D eigenvalue weighted by molar-refractivity contribution is 0.0941. The smallest absolute Gasteiger partial charge is 0.253 e. The average Bonchev–Trinajstić information content (AvgIpc) is 2.17. The van der Waals surface area contributed by atoms with Gasteiger partial charge in [-0.25, -0.2) is 0 Å². The first-order valence-electron chi connectivity index (χ1n) is 4.50. The van der Waals surface area contributed by atoms with Gasteiger partial charge in [-0.3, -0.25) is 4.79 Å². The third-order valence-electron chi connectivity index (χ3n) is 1.91. The van der Waals surface area contributed by atoms with Crippen LogP contribution < -0.4 is 11.1 Å². The van der Waals surface area contributed by atoms with Crippen LogP contribution in [0.2, 0.25) is 5.02 Å². The fourth-order valence-corrected chi connectivity index (χ4v) is 1.79. The first-order chi connectivity index (χ1) is 7.04. The number of halogens is 2. The van der Waals surface area contributed by atoms with Crippen molar-refractivity contribution in [3.63, 3.8) is 0 Å². The van der Waals surface area contributed by atoms with E-state index in [9.17, 15) is 4.79 Å². The Morgan fingerprint density at radius 1 is 1.67 bits per heavy atom. The minimum Gasteiger partial charge on any atom is -0.348 e. The van der Waals surface area contributed by atoms with Crippen molar-refractivity contribution in [3.8, 4) is 0 Å². The molecule has 5 heteroatoms. The lowest BCUT2D eigenvalue weighted by atomic mass is 10.2. The van der Waals surface area contributed by atoms with Crippen molar-refractivity contribution < 1.29 is 4.79 Å². The van der Waals surface area contributed by atoms with E-state index in [2.05, 4.69) is 21.2 Å². The molecule has 0 spiro atoms. The van der Waals surface area contributed by atoms with Crippen molar-refractivity contribution in [2.45, 2.75) is 13.0 Å². The Labute approximate surface area is 102 Å².